The summed E-state index contributed by atoms with van der Waals surface area (Å²) in [7, 11) is 0. The Balaban J connectivity index is 0.000000179. The summed E-state index contributed by atoms with van der Waals surface area (Å²) in [6, 6.07) is 29.9. The van der Waals surface area contributed by atoms with Gasteiger partial charge in [-0.1, -0.05) is 118 Å². The molecule has 0 saturated carbocycles. The van der Waals surface area contributed by atoms with Crippen LogP contribution in [0.5, 0.6) is 0 Å². The van der Waals surface area contributed by atoms with Crippen molar-refractivity contribution in [2.24, 2.45) is 0 Å². The molecule has 0 amide bonds. The van der Waals surface area contributed by atoms with Crippen LogP contribution in [0.2, 0.25) is 0 Å². The van der Waals surface area contributed by atoms with Gasteiger partial charge in [-0.2, -0.15) is 25.3 Å². The minimum Gasteiger partial charge on any atom is -0.478 e. The smallest absolute Gasteiger partial charge is 0.335 e. The van der Waals surface area contributed by atoms with Gasteiger partial charge in [0.25, 0.3) is 0 Å². The third-order valence-electron chi connectivity index (χ3n) is 11.9. The molecule has 2 aliphatic heterocycles. The van der Waals surface area contributed by atoms with Crippen LogP contribution in [-0.2, 0) is 19.0 Å². The number of benzene rings is 4. The molecule has 2 spiro atoms. The van der Waals surface area contributed by atoms with Crippen molar-refractivity contribution in [1.82, 2.24) is 0 Å². The summed E-state index contributed by atoms with van der Waals surface area (Å²) in [6.07, 6.45) is 17.6. The fourth-order valence-corrected chi connectivity index (χ4v) is 15.6. The number of carboxylic acid groups (broad SMARTS) is 1. The highest BCUT2D eigenvalue weighted by atomic mass is 32.2. The first-order valence-corrected chi connectivity index (χ1v) is 26.3. The topological polar surface area (TPSA) is 37.3 Å². The van der Waals surface area contributed by atoms with Crippen molar-refractivity contribution >= 4 is 103 Å². The van der Waals surface area contributed by atoms with Gasteiger partial charge < -0.3 is 5.11 Å². The van der Waals surface area contributed by atoms with Crippen LogP contribution in [0.3, 0.4) is 0 Å². The zero-order chi connectivity index (χ0) is 42.1. The lowest BCUT2D eigenvalue weighted by Gasteiger charge is -2.46. The van der Waals surface area contributed by atoms with Crippen LogP contribution < -0.4 is 0 Å². The number of rotatable bonds is 7. The Bertz CT molecular complexity index is 2070. The van der Waals surface area contributed by atoms with E-state index in [0.717, 1.165) is 23.5 Å². The van der Waals surface area contributed by atoms with E-state index in [0.29, 0.717) is 11.0 Å². The molecule has 8 rings (SSSR count). The van der Waals surface area contributed by atoms with Crippen molar-refractivity contribution in [2.75, 3.05) is 34.5 Å². The molecule has 0 aromatic heterocycles. The first kappa shape index (κ1) is 46.4. The lowest BCUT2D eigenvalue weighted by atomic mass is 9.72. The molecular formula is C51H62O2S6. The average Bonchev–Trinajstić information content (AvgIpc) is 3.25. The molecule has 2 heterocycles. The van der Waals surface area contributed by atoms with E-state index in [4.69, 9.17) is 5.11 Å². The molecule has 314 valence electrons. The van der Waals surface area contributed by atoms with Gasteiger partial charge in [0.2, 0.25) is 0 Å². The lowest BCUT2D eigenvalue weighted by molar-refractivity contribution is 0.0697. The molecule has 1 N–H and O–H groups in total. The van der Waals surface area contributed by atoms with Gasteiger partial charge >= 0.3 is 5.97 Å². The summed E-state index contributed by atoms with van der Waals surface area (Å²) in [4.78, 5) is 11.0. The summed E-state index contributed by atoms with van der Waals surface area (Å²) in [5.74, 6) is 6.14. The van der Waals surface area contributed by atoms with Gasteiger partial charge in [-0.25, -0.2) is 4.79 Å². The van der Waals surface area contributed by atoms with E-state index in [1.807, 2.05) is 12.1 Å². The van der Waals surface area contributed by atoms with Crippen LogP contribution in [0.1, 0.15) is 133 Å². The van der Waals surface area contributed by atoms with E-state index < -0.39 is 5.97 Å². The number of carbonyl (C=O) groups is 1. The Morgan fingerprint density at radius 3 is 1.31 bits per heavy atom. The Hall–Kier alpha value is -2.07. The van der Waals surface area contributed by atoms with Crippen molar-refractivity contribution in [1.29, 1.82) is 0 Å². The summed E-state index contributed by atoms with van der Waals surface area (Å²) >= 11 is 16.6. The van der Waals surface area contributed by atoms with E-state index in [9.17, 15) is 4.79 Å². The van der Waals surface area contributed by atoms with E-state index in [1.165, 1.54) is 94.9 Å². The van der Waals surface area contributed by atoms with Crippen LogP contribution in [0.4, 0.5) is 0 Å². The normalized spacial score (nSPS) is 19.6. The van der Waals surface area contributed by atoms with E-state index in [-0.39, 0.29) is 13.6 Å². The van der Waals surface area contributed by atoms with E-state index in [1.54, 1.807) is 23.3 Å². The fraction of sp³-hybridized carbons (Fsp3) is 0.431. The number of hydrogen-bond donors (Lipinski definition) is 3. The SMILES string of the molecule is CC1(C)CCC2(SCCCS2)c2cc(/C=C/c3ccc(C(=O)O)cc3)ccc21.Cc1ccc(/C=C/c2ccc3c(c2)C2(CCC3(C)C)SCCCS2)cc1.SCCCS. The highest BCUT2D eigenvalue weighted by Gasteiger charge is 2.46. The van der Waals surface area contributed by atoms with Crippen molar-refractivity contribution in [2.45, 2.75) is 98.6 Å². The predicted octanol–water partition coefficient (Wildman–Crippen LogP) is 15.1. The molecule has 2 saturated heterocycles. The molecule has 8 heteroatoms. The monoisotopic (exact) mass is 898 g/mol. The van der Waals surface area contributed by atoms with Gasteiger partial charge in [0.05, 0.1) is 13.7 Å². The molecular weight excluding hydrogens is 837 g/mol. The maximum Gasteiger partial charge on any atom is 0.335 e. The number of aromatic carboxylic acids is 1. The zero-order valence-corrected chi connectivity index (χ0v) is 40.5. The van der Waals surface area contributed by atoms with Crippen molar-refractivity contribution in [3.63, 3.8) is 0 Å². The van der Waals surface area contributed by atoms with Crippen LogP contribution >= 0.6 is 72.3 Å². The van der Waals surface area contributed by atoms with Crippen molar-refractivity contribution < 1.29 is 9.90 Å². The maximum absolute atomic E-state index is 11.0. The molecule has 0 unspecified atom stereocenters. The lowest BCUT2D eigenvalue weighted by Crippen LogP contribution is -2.35. The highest BCUT2D eigenvalue weighted by Crippen LogP contribution is 2.61. The van der Waals surface area contributed by atoms with Crippen molar-refractivity contribution in [3.05, 3.63) is 141 Å². The van der Waals surface area contributed by atoms with Crippen LogP contribution in [0.15, 0.2) is 84.9 Å². The Labute approximate surface area is 383 Å². The van der Waals surface area contributed by atoms with Gasteiger partial charge in [-0.15, -0.1) is 47.0 Å². The molecule has 2 aliphatic carbocycles. The number of fused-ring (bicyclic) bond motifs is 4. The fourth-order valence-electron chi connectivity index (χ4n) is 8.25. The second kappa shape index (κ2) is 20.9. The second-order valence-electron chi connectivity index (χ2n) is 17.3. The summed E-state index contributed by atoms with van der Waals surface area (Å²) in [5, 5.41) is 9.04. The minimum atomic E-state index is -0.888. The number of aryl methyl sites for hydroxylation is 1. The van der Waals surface area contributed by atoms with Gasteiger partial charge in [0.1, 0.15) is 0 Å². The highest BCUT2D eigenvalue weighted by molar-refractivity contribution is 8.18. The maximum atomic E-state index is 11.0. The Morgan fingerprint density at radius 1 is 0.559 bits per heavy atom. The number of carboxylic acids is 1. The first-order valence-electron chi connectivity index (χ1n) is 21.1. The standard InChI is InChI=1S/C24H26O2S2.C24H28S2.C3H8S2/c1-23(2)12-13-24(27-14-3-15-28-24)21-16-18(8-11-20(21)23)5-4-17-6-9-19(10-7-17)22(25)26;1-18-5-7-19(8-6-18)9-10-20-11-12-21-22(17-20)24(14-13-23(21,2)3)25-15-4-16-26-24;4-2-1-3-5/h4-11,16H,3,12-15H2,1-2H3,(H,25,26);5-12,17H,4,13-16H2,1-3H3;4-5H,1-3H2/b5-4+;10-9+;. The van der Waals surface area contributed by atoms with Crippen molar-refractivity contribution in [3.8, 4) is 0 Å². The third kappa shape index (κ3) is 11.7. The van der Waals surface area contributed by atoms with Crippen LogP contribution in [0, 0.1) is 6.92 Å². The summed E-state index contributed by atoms with van der Waals surface area (Å²) < 4.78 is 0.507. The molecule has 2 fully saturated rings. The van der Waals surface area contributed by atoms with E-state index >= 15 is 0 Å². The average molecular weight is 899 g/mol. The third-order valence-corrected chi connectivity index (χ3v) is 19.5. The molecule has 0 bridgehead atoms. The first-order chi connectivity index (χ1) is 28.3. The Kier molecular flexibility index (Phi) is 16.4. The Morgan fingerprint density at radius 2 is 0.932 bits per heavy atom. The second-order valence-corrected chi connectivity index (χ2v) is 24.3. The predicted molar refractivity (Wildman–Crippen MR) is 275 cm³/mol. The zero-order valence-electron chi connectivity index (χ0n) is 35.5. The number of thioether (sulfide) groups is 4. The molecule has 4 aromatic rings. The summed E-state index contributed by atoms with van der Waals surface area (Å²) in [6.45, 7) is 11.7. The number of hydrogen-bond acceptors (Lipinski definition) is 7. The molecule has 59 heavy (non-hydrogen) atoms. The van der Waals surface area contributed by atoms with Crippen LogP contribution in [-0.4, -0.2) is 45.6 Å². The van der Waals surface area contributed by atoms with Crippen LogP contribution in [0.25, 0.3) is 24.3 Å². The molecule has 4 aromatic carbocycles. The molecule has 0 radical (unpaired) electrons. The summed E-state index contributed by atoms with van der Waals surface area (Å²) in [5.41, 5.74) is 13.2. The van der Waals surface area contributed by atoms with Gasteiger partial charge in [-0.05, 0) is 166 Å². The van der Waals surface area contributed by atoms with Gasteiger partial charge in [-0.3, -0.25) is 0 Å². The number of thiol groups is 2. The van der Waals surface area contributed by atoms with E-state index in [2.05, 4.69) is 192 Å². The van der Waals surface area contributed by atoms with Gasteiger partial charge in [0, 0.05) is 0 Å². The van der Waals surface area contributed by atoms with Gasteiger partial charge in [0.15, 0.2) is 0 Å². The largest absolute Gasteiger partial charge is 0.478 e. The molecule has 4 aliphatic rings. The minimum absolute atomic E-state index is 0.218. The molecule has 0 atom stereocenters. The quantitative estimate of drug-likeness (QED) is 0.127. The molecule has 2 nitrogen and oxygen atoms in total.